The molecule has 0 heterocycles. The fourth-order valence-electron chi connectivity index (χ4n) is 1.58. The number of carboxylic acid groups (broad SMARTS) is 1. The van der Waals surface area contributed by atoms with Crippen LogP contribution in [0.5, 0.6) is 0 Å². The number of rotatable bonds is 5. The largest absolute Gasteiger partial charge is 0.478 e. The molecule has 1 aromatic rings. The third-order valence-electron chi connectivity index (χ3n) is 2.52. The van der Waals surface area contributed by atoms with Crippen LogP contribution in [0.1, 0.15) is 37.3 Å². The lowest BCUT2D eigenvalue weighted by Crippen LogP contribution is -1.93. The summed E-state index contributed by atoms with van der Waals surface area (Å²) in [7, 11) is 0. The van der Waals surface area contributed by atoms with Gasteiger partial charge in [-0.2, -0.15) is 0 Å². The van der Waals surface area contributed by atoms with E-state index in [0.717, 1.165) is 30.4 Å². The zero-order valence-electron chi connectivity index (χ0n) is 9.86. The van der Waals surface area contributed by atoms with Crippen molar-refractivity contribution in [3.05, 3.63) is 41.5 Å². The first-order chi connectivity index (χ1) is 7.63. The van der Waals surface area contributed by atoms with E-state index in [4.69, 9.17) is 5.11 Å². The molecule has 1 rings (SSSR count). The molecule has 16 heavy (non-hydrogen) atoms. The monoisotopic (exact) mass is 218 g/mol. The van der Waals surface area contributed by atoms with Gasteiger partial charge in [-0.15, -0.1) is 0 Å². The maximum absolute atomic E-state index is 10.7. The summed E-state index contributed by atoms with van der Waals surface area (Å²) >= 11 is 0. The van der Waals surface area contributed by atoms with Gasteiger partial charge in [0.15, 0.2) is 0 Å². The number of hydrogen-bond acceptors (Lipinski definition) is 1. The molecule has 0 atom stereocenters. The molecular formula is C14H18O2. The first-order valence-electron chi connectivity index (χ1n) is 5.64. The standard InChI is InChI=1S/C14H18O2/c1-3-4-5-13(10-14(15)16)12-8-6-11(2)7-9-12/h6-10H,3-5H2,1-2H3,(H,15,16)/b13-10+. The Labute approximate surface area is 96.6 Å². The van der Waals surface area contributed by atoms with Gasteiger partial charge in [0.2, 0.25) is 0 Å². The zero-order chi connectivity index (χ0) is 12.0. The molecule has 86 valence electrons. The lowest BCUT2D eigenvalue weighted by molar-refractivity contribution is -0.131. The third-order valence-corrected chi connectivity index (χ3v) is 2.52. The summed E-state index contributed by atoms with van der Waals surface area (Å²) in [6, 6.07) is 7.99. The Morgan fingerprint density at radius 1 is 1.31 bits per heavy atom. The first kappa shape index (κ1) is 12.5. The molecule has 0 aliphatic carbocycles. The van der Waals surface area contributed by atoms with Crippen molar-refractivity contribution in [2.45, 2.75) is 33.1 Å². The SMILES string of the molecule is CCCC/C(=C\C(=O)O)c1ccc(C)cc1. The van der Waals surface area contributed by atoms with E-state index in [0.29, 0.717) is 0 Å². The Balaban J connectivity index is 2.92. The van der Waals surface area contributed by atoms with Gasteiger partial charge in [0.1, 0.15) is 0 Å². The Hall–Kier alpha value is -1.57. The second-order valence-corrected chi connectivity index (χ2v) is 3.98. The van der Waals surface area contributed by atoms with E-state index in [1.54, 1.807) is 0 Å². The summed E-state index contributed by atoms with van der Waals surface area (Å²) in [5, 5.41) is 8.82. The van der Waals surface area contributed by atoms with Crippen LogP contribution < -0.4 is 0 Å². The average Bonchev–Trinajstić information content (AvgIpc) is 2.25. The minimum atomic E-state index is -0.869. The molecule has 0 amide bonds. The van der Waals surface area contributed by atoms with Crippen LogP contribution in [-0.2, 0) is 4.79 Å². The highest BCUT2D eigenvalue weighted by molar-refractivity contribution is 5.90. The number of carbonyl (C=O) groups is 1. The van der Waals surface area contributed by atoms with E-state index < -0.39 is 5.97 Å². The summed E-state index contributed by atoms with van der Waals surface area (Å²) in [5.74, 6) is -0.869. The number of allylic oxidation sites excluding steroid dienone is 1. The molecule has 0 unspecified atom stereocenters. The molecule has 0 spiro atoms. The molecule has 0 saturated heterocycles. The van der Waals surface area contributed by atoms with Crippen molar-refractivity contribution >= 4 is 11.5 Å². The highest BCUT2D eigenvalue weighted by atomic mass is 16.4. The molecule has 1 N–H and O–H groups in total. The van der Waals surface area contributed by atoms with Crippen LogP contribution in [0.2, 0.25) is 0 Å². The summed E-state index contributed by atoms with van der Waals surface area (Å²) < 4.78 is 0. The average molecular weight is 218 g/mol. The Kier molecular flexibility index (Phi) is 4.77. The minimum absolute atomic E-state index is 0.825. The van der Waals surface area contributed by atoms with Crippen molar-refractivity contribution in [1.82, 2.24) is 0 Å². The quantitative estimate of drug-likeness (QED) is 0.766. The van der Waals surface area contributed by atoms with Crippen LogP contribution >= 0.6 is 0 Å². The predicted octanol–water partition coefficient (Wildman–Crippen LogP) is 3.65. The second kappa shape index (κ2) is 6.11. The summed E-state index contributed by atoms with van der Waals surface area (Å²) in [6.07, 6.45) is 4.24. The molecule has 2 heteroatoms. The van der Waals surface area contributed by atoms with Crippen LogP contribution in [-0.4, -0.2) is 11.1 Å². The molecule has 2 nitrogen and oxygen atoms in total. The van der Waals surface area contributed by atoms with E-state index in [2.05, 4.69) is 6.92 Å². The van der Waals surface area contributed by atoms with Gasteiger partial charge in [-0.05, 0) is 30.9 Å². The highest BCUT2D eigenvalue weighted by Crippen LogP contribution is 2.21. The molecule has 0 saturated carbocycles. The van der Waals surface area contributed by atoms with E-state index in [1.165, 1.54) is 11.6 Å². The Morgan fingerprint density at radius 3 is 2.44 bits per heavy atom. The van der Waals surface area contributed by atoms with Gasteiger partial charge in [-0.25, -0.2) is 4.79 Å². The number of benzene rings is 1. The van der Waals surface area contributed by atoms with Crippen molar-refractivity contribution in [2.75, 3.05) is 0 Å². The maximum atomic E-state index is 10.7. The van der Waals surface area contributed by atoms with Crippen molar-refractivity contribution in [3.8, 4) is 0 Å². The number of unbranched alkanes of at least 4 members (excludes halogenated alkanes) is 1. The van der Waals surface area contributed by atoms with Crippen molar-refractivity contribution in [1.29, 1.82) is 0 Å². The first-order valence-corrected chi connectivity index (χ1v) is 5.64. The smallest absolute Gasteiger partial charge is 0.328 e. The van der Waals surface area contributed by atoms with Crippen LogP contribution in [0.25, 0.3) is 5.57 Å². The number of carboxylic acids is 1. The van der Waals surface area contributed by atoms with Crippen LogP contribution in [0.4, 0.5) is 0 Å². The fourth-order valence-corrected chi connectivity index (χ4v) is 1.58. The second-order valence-electron chi connectivity index (χ2n) is 3.98. The molecule has 0 radical (unpaired) electrons. The van der Waals surface area contributed by atoms with Crippen LogP contribution in [0.3, 0.4) is 0 Å². The minimum Gasteiger partial charge on any atom is -0.478 e. The molecule has 0 aromatic heterocycles. The number of hydrogen-bond donors (Lipinski definition) is 1. The summed E-state index contributed by atoms with van der Waals surface area (Å²) in [4.78, 5) is 10.7. The highest BCUT2D eigenvalue weighted by Gasteiger charge is 2.03. The molecular weight excluding hydrogens is 200 g/mol. The van der Waals surface area contributed by atoms with Crippen LogP contribution in [0, 0.1) is 6.92 Å². The number of aliphatic carboxylic acids is 1. The zero-order valence-corrected chi connectivity index (χ0v) is 9.86. The molecule has 0 fully saturated rings. The molecule has 0 aliphatic heterocycles. The van der Waals surface area contributed by atoms with Crippen LogP contribution in [0.15, 0.2) is 30.3 Å². The lowest BCUT2D eigenvalue weighted by Gasteiger charge is -2.06. The lowest BCUT2D eigenvalue weighted by atomic mass is 9.99. The van der Waals surface area contributed by atoms with E-state index >= 15 is 0 Å². The van der Waals surface area contributed by atoms with Gasteiger partial charge in [0, 0.05) is 6.08 Å². The van der Waals surface area contributed by atoms with E-state index in [1.807, 2.05) is 31.2 Å². The van der Waals surface area contributed by atoms with Gasteiger partial charge in [-0.1, -0.05) is 43.2 Å². The van der Waals surface area contributed by atoms with Crippen molar-refractivity contribution in [2.24, 2.45) is 0 Å². The van der Waals surface area contributed by atoms with Crippen molar-refractivity contribution in [3.63, 3.8) is 0 Å². The molecule has 0 aliphatic rings. The van der Waals surface area contributed by atoms with Gasteiger partial charge >= 0.3 is 5.97 Å². The molecule has 0 bridgehead atoms. The Bertz CT molecular complexity index is 374. The third kappa shape index (κ3) is 3.89. The van der Waals surface area contributed by atoms with Gasteiger partial charge < -0.3 is 5.11 Å². The summed E-state index contributed by atoms with van der Waals surface area (Å²) in [5.41, 5.74) is 3.12. The van der Waals surface area contributed by atoms with E-state index in [9.17, 15) is 4.79 Å². The van der Waals surface area contributed by atoms with Gasteiger partial charge in [0.05, 0.1) is 0 Å². The topological polar surface area (TPSA) is 37.3 Å². The van der Waals surface area contributed by atoms with Gasteiger partial charge in [0.25, 0.3) is 0 Å². The van der Waals surface area contributed by atoms with E-state index in [-0.39, 0.29) is 0 Å². The Morgan fingerprint density at radius 2 is 1.94 bits per heavy atom. The van der Waals surface area contributed by atoms with Crippen molar-refractivity contribution < 1.29 is 9.90 Å². The van der Waals surface area contributed by atoms with Gasteiger partial charge in [-0.3, -0.25) is 0 Å². The number of aryl methyl sites for hydroxylation is 1. The fraction of sp³-hybridized carbons (Fsp3) is 0.357. The summed E-state index contributed by atoms with van der Waals surface area (Å²) in [6.45, 7) is 4.13. The normalized spacial score (nSPS) is 11.5. The predicted molar refractivity (Wildman–Crippen MR) is 66.3 cm³/mol. The maximum Gasteiger partial charge on any atom is 0.328 e. The molecule has 1 aromatic carbocycles.